The van der Waals surface area contributed by atoms with Crippen molar-refractivity contribution in [1.82, 2.24) is 0 Å². The molecular weight excluding hydrogens is 299 g/mol. The molecule has 0 heterocycles. The minimum Gasteiger partial charge on any atom is -0.465 e. The van der Waals surface area contributed by atoms with Gasteiger partial charge in [0, 0.05) is 24.3 Å². The Bertz CT molecular complexity index is 669. The summed E-state index contributed by atoms with van der Waals surface area (Å²) < 4.78 is 17.4. The Hall–Kier alpha value is -2.89. The Balaban J connectivity index is 1.78. The molecular formula is C17H17FN2O3. The molecule has 5 nitrogen and oxygen atoms in total. The first-order chi connectivity index (χ1) is 11.1. The summed E-state index contributed by atoms with van der Waals surface area (Å²) in [5, 5.41) is 5.76. The smallest absolute Gasteiger partial charge is 0.337 e. The number of methoxy groups -OCH3 is 1. The van der Waals surface area contributed by atoms with Crippen LogP contribution in [0.25, 0.3) is 0 Å². The summed E-state index contributed by atoms with van der Waals surface area (Å²) in [5.41, 5.74) is 1.77. The van der Waals surface area contributed by atoms with Crippen molar-refractivity contribution in [2.24, 2.45) is 0 Å². The summed E-state index contributed by atoms with van der Waals surface area (Å²) in [5.74, 6) is -0.888. The lowest BCUT2D eigenvalue weighted by Crippen LogP contribution is -2.16. The Morgan fingerprint density at radius 3 is 2.22 bits per heavy atom. The van der Waals surface area contributed by atoms with Crippen LogP contribution in [0.1, 0.15) is 16.8 Å². The monoisotopic (exact) mass is 316 g/mol. The van der Waals surface area contributed by atoms with Gasteiger partial charge in [-0.15, -0.1) is 0 Å². The Morgan fingerprint density at radius 2 is 1.61 bits per heavy atom. The fourth-order valence-electron chi connectivity index (χ4n) is 1.92. The summed E-state index contributed by atoms with van der Waals surface area (Å²) in [6.45, 7) is 0.428. The van der Waals surface area contributed by atoms with Gasteiger partial charge < -0.3 is 15.4 Å². The molecule has 0 saturated heterocycles. The molecule has 0 aliphatic heterocycles. The fourth-order valence-corrected chi connectivity index (χ4v) is 1.92. The van der Waals surface area contributed by atoms with Crippen molar-refractivity contribution in [3.63, 3.8) is 0 Å². The zero-order chi connectivity index (χ0) is 16.7. The van der Waals surface area contributed by atoms with E-state index in [0.29, 0.717) is 17.8 Å². The van der Waals surface area contributed by atoms with Gasteiger partial charge in [0.1, 0.15) is 5.82 Å². The van der Waals surface area contributed by atoms with E-state index in [1.807, 2.05) is 0 Å². The van der Waals surface area contributed by atoms with E-state index in [-0.39, 0.29) is 18.1 Å². The lowest BCUT2D eigenvalue weighted by molar-refractivity contribution is -0.115. The van der Waals surface area contributed by atoms with Crippen molar-refractivity contribution < 1.29 is 18.7 Å². The van der Waals surface area contributed by atoms with Crippen LogP contribution in [0.2, 0.25) is 0 Å². The van der Waals surface area contributed by atoms with Crippen molar-refractivity contribution in [2.45, 2.75) is 6.42 Å². The summed E-state index contributed by atoms with van der Waals surface area (Å²) in [4.78, 5) is 23.1. The van der Waals surface area contributed by atoms with Gasteiger partial charge in [-0.2, -0.15) is 0 Å². The van der Waals surface area contributed by atoms with Gasteiger partial charge in [-0.25, -0.2) is 9.18 Å². The van der Waals surface area contributed by atoms with Crippen LogP contribution in [0.15, 0.2) is 48.5 Å². The van der Waals surface area contributed by atoms with E-state index in [2.05, 4.69) is 15.4 Å². The summed E-state index contributed by atoms with van der Waals surface area (Å²) in [6, 6.07) is 12.4. The zero-order valence-electron chi connectivity index (χ0n) is 12.6. The molecule has 120 valence electrons. The minimum absolute atomic E-state index is 0.162. The van der Waals surface area contributed by atoms with Crippen LogP contribution in [-0.2, 0) is 9.53 Å². The maximum atomic E-state index is 12.8. The number of anilines is 2. The third-order valence-electron chi connectivity index (χ3n) is 3.12. The summed E-state index contributed by atoms with van der Waals surface area (Å²) >= 11 is 0. The number of esters is 1. The minimum atomic E-state index is -0.425. The summed E-state index contributed by atoms with van der Waals surface area (Å²) in [7, 11) is 1.31. The molecule has 0 aliphatic rings. The maximum Gasteiger partial charge on any atom is 0.337 e. The summed E-state index contributed by atoms with van der Waals surface area (Å²) in [6.07, 6.45) is 0.260. The van der Waals surface area contributed by atoms with Gasteiger partial charge in [-0.05, 0) is 48.5 Å². The van der Waals surface area contributed by atoms with E-state index < -0.39 is 5.97 Å². The zero-order valence-corrected chi connectivity index (χ0v) is 12.6. The Morgan fingerprint density at radius 1 is 1.00 bits per heavy atom. The predicted octanol–water partition coefficient (Wildman–Crippen LogP) is 3.05. The van der Waals surface area contributed by atoms with Gasteiger partial charge in [0.05, 0.1) is 12.7 Å². The molecule has 0 saturated carbocycles. The average molecular weight is 316 g/mol. The van der Waals surface area contributed by atoms with Crippen LogP contribution >= 0.6 is 0 Å². The highest BCUT2D eigenvalue weighted by Crippen LogP contribution is 2.11. The molecule has 0 radical (unpaired) electrons. The highest BCUT2D eigenvalue weighted by molar-refractivity contribution is 5.93. The third-order valence-corrected chi connectivity index (χ3v) is 3.12. The number of ether oxygens (including phenoxy) is 1. The third kappa shape index (κ3) is 5.10. The van der Waals surface area contributed by atoms with E-state index in [1.165, 1.54) is 19.2 Å². The first-order valence-electron chi connectivity index (χ1n) is 7.06. The first kappa shape index (κ1) is 16.5. The molecule has 6 heteroatoms. The lowest BCUT2D eigenvalue weighted by Gasteiger charge is -2.08. The molecule has 0 atom stereocenters. The number of amides is 1. The number of hydrogen-bond donors (Lipinski definition) is 2. The van der Waals surface area contributed by atoms with Crippen molar-refractivity contribution in [3.8, 4) is 0 Å². The van der Waals surface area contributed by atoms with Gasteiger partial charge in [-0.1, -0.05) is 0 Å². The van der Waals surface area contributed by atoms with E-state index in [1.54, 1.807) is 36.4 Å². The molecule has 0 bridgehead atoms. The number of nitrogens with one attached hydrogen (secondary N) is 2. The number of hydrogen-bond acceptors (Lipinski definition) is 4. The van der Waals surface area contributed by atoms with Crippen LogP contribution in [0, 0.1) is 5.82 Å². The van der Waals surface area contributed by atoms with Gasteiger partial charge >= 0.3 is 5.97 Å². The molecule has 23 heavy (non-hydrogen) atoms. The largest absolute Gasteiger partial charge is 0.465 e. The van der Waals surface area contributed by atoms with Gasteiger partial charge in [0.2, 0.25) is 5.91 Å². The number of benzene rings is 2. The van der Waals surface area contributed by atoms with Crippen molar-refractivity contribution in [2.75, 3.05) is 24.3 Å². The molecule has 2 rings (SSSR count). The van der Waals surface area contributed by atoms with Gasteiger partial charge in [0.25, 0.3) is 0 Å². The van der Waals surface area contributed by atoms with E-state index in [0.717, 1.165) is 5.69 Å². The van der Waals surface area contributed by atoms with Gasteiger partial charge in [0.15, 0.2) is 0 Å². The van der Waals surface area contributed by atoms with E-state index in [9.17, 15) is 14.0 Å². The Kier molecular flexibility index (Phi) is 5.68. The molecule has 0 spiro atoms. The highest BCUT2D eigenvalue weighted by Gasteiger charge is 2.06. The molecule has 2 N–H and O–H groups in total. The normalized spacial score (nSPS) is 10.0. The second kappa shape index (κ2) is 7.93. The maximum absolute atomic E-state index is 12.8. The number of halogens is 1. The highest BCUT2D eigenvalue weighted by atomic mass is 19.1. The van der Waals surface area contributed by atoms with Crippen molar-refractivity contribution >= 4 is 23.3 Å². The SMILES string of the molecule is COC(=O)c1ccc(NC(=O)CCNc2ccc(F)cc2)cc1. The van der Waals surface area contributed by atoms with Crippen LogP contribution in [-0.4, -0.2) is 25.5 Å². The molecule has 1 amide bonds. The second-order valence-electron chi connectivity index (χ2n) is 4.80. The van der Waals surface area contributed by atoms with Crippen molar-refractivity contribution in [3.05, 3.63) is 59.9 Å². The standard InChI is InChI=1S/C17H17FN2O3/c1-23-17(22)12-2-6-15(7-3-12)20-16(21)10-11-19-14-8-4-13(18)5-9-14/h2-9,19H,10-11H2,1H3,(H,20,21). The Labute approximate surface area is 133 Å². The fraction of sp³-hybridized carbons (Fsp3) is 0.176. The molecule has 0 fully saturated rings. The van der Waals surface area contributed by atoms with Crippen LogP contribution in [0.5, 0.6) is 0 Å². The molecule has 2 aromatic carbocycles. The second-order valence-corrected chi connectivity index (χ2v) is 4.80. The van der Waals surface area contributed by atoms with E-state index in [4.69, 9.17) is 0 Å². The van der Waals surface area contributed by atoms with E-state index >= 15 is 0 Å². The lowest BCUT2D eigenvalue weighted by atomic mass is 10.2. The first-order valence-corrected chi connectivity index (χ1v) is 7.06. The quantitative estimate of drug-likeness (QED) is 0.804. The van der Waals surface area contributed by atoms with Crippen LogP contribution in [0.4, 0.5) is 15.8 Å². The van der Waals surface area contributed by atoms with Crippen LogP contribution < -0.4 is 10.6 Å². The molecule has 0 aliphatic carbocycles. The number of carbonyl (C=O) groups is 2. The number of rotatable bonds is 6. The molecule has 0 aromatic heterocycles. The van der Waals surface area contributed by atoms with Crippen molar-refractivity contribution in [1.29, 1.82) is 0 Å². The van der Waals surface area contributed by atoms with Gasteiger partial charge in [-0.3, -0.25) is 4.79 Å². The molecule has 0 unspecified atom stereocenters. The average Bonchev–Trinajstić information content (AvgIpc) is 2.56. The predicted molar refractivity (Wildman–Crippen MR) is 85.9 cm³/mol. The number of carbonyl (C=O) groups excluding carboxylic acids is 2. The topological polar surface area (TPSA) is 67.4 Å². The molecule has 2 aromatic rings. The van der Waals surface area contributed by atoms with Crippen LogP contribution in [0.3, 0.4) is 0 Å².